The average molecular weight is 386 g/mol. The van der Waals surface area contributed by atoms with Gasteiger partial charge in [0, 0.05) is 25.5 Å². The fraction of sp³-hybridized carbons (Fsp3) is 0.389. The molecule has 3 aromatic rings. The molecule has 0 aliphatic carbocycles. The van der Waals surface area contributed by atoms with Gasteiger partial charge in [-0.1, -0.05) is 55.0 Å². The standard InChI is InChI=1S/C18H22N6O2S/c1-11(2)12-4-6-13(7-5-12)17-20-16(26-23-17)10-27-18-22-21-15(24(18)3)9-8-14(19)25/h4-7,11H,8-10H2,1-3H3,(H2,19,25). The fourth-order valence-corrected chi connectivity index (χ4v) is 3.26. The van der Waals surface area contributed by atoms with Gasteiger partial charge in [-0.25, -0.2) is 0 Å². The van der Waals surface area contributed by atoms with E-state index in [9.17, 15) is 4.79 Å². The van der Waals surface area contributed by atoms with Crippen LogP contribution in [0.15, 0.2) is 33.9 Å². The minimum atomic E-state index is -0.355. The summed E-state index contributed by atoms with van der Waals surface area (Å²) in [5.74, 6) is 2.42. The van der Waals surface area contributed by atoms with Crippen molar-refractivity contribution in [3.63, 3.8) is 0 Å². The normalized spacial score (nSPS) is 11.3. The molecule has 27 heavy (non-hydrogen) atoms. The highest BCUT2D eigenvalue weighted by atomic mass is 32.2. The van der Waals surface area contributed by atoms with Crippen LogP contribution in [0.1, 0.15) is 43.5 Å². The number of amides is 1. The van der Waals surface area contributed by atoms with E-state index in [2.05, 4.69) is 46.3 Å². The van der Waals surface area contributed by atoms with E-state index in [4.69, 9.17) is 10.3 Å². The lowest BCUT2D eigenvalue weighted by Crippen LogP contribution is -2.12. The number of aromatic nitrogens is 5. The summed E-state index contributed by atoms with van der Waals surface area (Å²) in [6, 6.07) is 8.17. The highest BCUT2D eigenvalue weighted by Crippen LogP contribution is 2.24. The van der Waals surface area contributed by atoms with Gasteiger partial charge < -0.3 is 14.8 Å². The van der Waals surface area contributed by atoms with Crippen LogP contribution in [0.5, 0.6) is 0 Å². The summed E-state index contributed by atoms with van der Waals surface area (Å²) < 4.78 is 7.19. The molecule has 2 heterocycles. The van der Waals surface area contributed by atoms with Crippen LogP contribution < -0.4 is 5.73 Å². The zero-order valence-corrected chi connectivity index (χ0v) is 16.4. The third-order valence-corrected chi connectivity index (χ3v) is 5.15. The molecule has 0 saturated carbocycles. The first-order chi connectivity index (χ1) is 12.9. The van der Waals surface area contributed by atoms with Gasteiger partial charge in [0.25, 0.3) is 0 Å². The Morgan fingerprint density at radius 1 is 1.26 bits per heavy atom. The minimum Gasteiger partial charge on any atom is -0.370 e. The smallest absolute Gasteiger partial charge is 0.237 e. The number of rotatable bonds is 8. The third kappa shape index (κ3) is 4.73. The van der Waals surface area contributed by atoms with Gasteiger partial charge >= 0.3 is 0 Å². The molecule has 0 spiro atoms. The summed E-state index contributed by atoms with van der Waals surface area (Å²) in [5, 5.41) is 13.0. The average Bonchev–Trinajstić information content (AvgIpc) is 3.25. The van der Waals surface area contributed by atoms with Crippen LogP contribution in [0.3, 0.4) is 0 Å². The lowest BCUT2D eigenvalue weighted by molar-refractivity contribution is -0.118. The van der Waals surface area contributed by atoms with Crippen LogP contribution in [-0.2, 0) is 24.0 Å². The van der Waals surface area contributed by atoms with Crippen molar-refractivity contribution in [1.29, 1.82) is 0 Å². The molecule has 8 nitrogen and oxygen atoms in total. The van der Waals surface area contributed by atoms with E-state index in [1.807, 2.05) is 23.7 Å². The molecule has 0 fully saturated rings. The lowest BCUT2D eigenvalue weighted by Gasteiger charge is -2.04. The van der Waals surface area contributed by atoms with E-state index in [0.29, 0.717) is 35.6 Å². The molecule has 1 aromatic carbocycles. The summed E-state index contributed by atoms with van der Waals surface area (Å²) in [5.41, 5.74) is 7.37. The van der Waals surface area contributed by atoms with Crippen molar-refractivity contribution < 1.29 is 9.32 Å². The fourth-order valence-electron chi connectivity index (χ4n) is 2.50. The van der Waals surface area contributed by atoms with Crippen molar-refractivity contribution in [2.45, 2.75) is 43.5 Å². The Hall–Kier alpha value is -2.68. The number of hydrogen-bond donors (Lipinski definition) is 1. The molecule has 9 heteroatoms. The van der Waals surface area contributed by atoms with Gasteiger partial charge in [0.1, 0.15) is 5.82 Å². The number of carbonyl (C=O) groups excluding carboxylic acids is 1. The van der Waals surface area contributed by atoms with E-state index in [-0.39, 0.29) is 12.3 Å². The zero-order valence-electron chi connectivity index (χ0n) is 15.5. The monoisotopic (exact) mass is 386 g/mol. The SMILES string of the molecule is CC(C)c1ccc(-c2noc(CSc3nnc(CCC(N)=O)n3C)n2)cc1. The minimum absolute atomic E-state index is 0.249. The van der Waals surface area contributed by atoms with Crippen LogP contribution in [0.25, 0.3) is 11.4 Å². The van der Waals surface area contributed by atoms with Crippen LogP contribution in [0.2, 0.25) is 0 Å². The van der Waals surface area contributed by atoms with Crippen LogP contribution in [-0.4, -0.2) is 30.8 Å². The maximum atomic E-state index is 10.9. The molecular weight excluding hydrogens is 364 g/mol. The first-order valence-electron chi connectivity index (χ1n) is 8.66. The number of hydrogen-bond acceptors (Lipinski definition) is 7. The van der Waals surface area contributed by atoms with Gasteiger partial charge in [-0.05, 0) is 11.5 Å². The molecular formula is C18H22N6O2S. The predicted molar refractivity (Wildman–Crippen MR) is 102 cm³/mol. The molecule has 1 amide bonds. The Labute approximate surface area is 161 Å². The van der Waals surface area contributed by atoms with Gasteiger partial charge in [0.15, 0.2) is 5.16 Å². The molecule has 0 aliphatic rings. The number of primary amides is 1. The van der Waals surface area contributed by atoms with Gasteiger partial charge in [-0.2, -0.15) is 4.98 Å². The molecule has 0 saturated heterocycles. The summed E-state index contributed by atoms with van der Waals surface area (Å²) in [6.45, 7) is 4.31. The second-order valence-electron chi connectivity index (χ2n) is 6.50. The Morgan fingerprint density at radius 3 is 2.67 bits per heavy atom. The van der Waals surface area contributed by atoms with Crippen molar-refractivity contribution in [1.82, 2.24) is 24.9 Å². The van der Waals surface area contributed by atoms with Crippen LogP contribution in [0, 0.1) is 0 Å². The van der Waals surface area contributed by atoms with Gasteiger partial charge in [-0.15, -0.1) is 10.2 Å². The van der Waals surface area contributed by atoms with Crippen molar-refractivity contribution in [2.24, 2.45) is 12.8 Å². The number of benzene rings is 1. The molecule has 0 unspecified atom stereocenters. The molecule has 0 radical (unpaired) electrons. The van der Waals surface area contributed by atoms with E-state index in [0.717, 1.165) is 10.7 Å². The summed E-state index contributed by atoms with van der Waals surface area (Å²) in [4.78, 5) is 15.4. The van der Waals surface area contributed by atoms with E-state index in [1.54, 1.807) is 0 Å². The summed E-state index contributed by atoms with van der Waals surface area (Å²) in [7, 11) is 1.86. The highest BCUT2D eigenvalue weighted by molar-refractivity contribution is 7.98. The number of carbonyl (C=O) groups is 1. The van der Waals surface area contributed by atoms with E-state index < -0.39 is 0 Å². The summed E-state index contributed by atoms with van der Waals surface area (Å²) in [6.07, 6.45) is 0.718. The van der Waals surface area contributed by atoms with Crippen molar-refractivity contribution >= 4 is 17.7 Å². The van der Waals surface area contributed by atoms with E-state index in [1.165, 1.54) is 17.3 Å². The molecule has 0 bridgehead atoms. The largest absolute Gasteiger partial charge is 0.370 e. The predicted octanol–water partition coefficient (Wildman–Crippen LogP) is 2.70. The van der Waals surface area contributed by atoms with Crippen LogP contribution in [0.4, 0.5) is 0 Å². The molecule has 0 atom stereocenters. The Balaban J connectivity index is 1.62. The second-order valence-corrected chi connectivity index (χ2v) is 7.44. The van der Waals surface area contributed by atoms with Crippen molar-refractivity contribution in [3.05, 3.63) is 41.5 Å². The Kier molecular flexibility index (Phi) is 5.90. The number of thioether (sulfide) groups is 1. The zero-order chi connectivity index (χ0) is 19.4. The molecule has 3 rings (SSSR count). The number of aryl methyl sites for hydroxylation is 1. The lowest BCUT2D eigenvalue weighted by atomic mass is 10.0. The van der Waals surface area contributed by atoms with Crippen molar-refractivity contribution in [2.75, 3.05) is 0 Å². The molecule has 2 aromatic heterocycles. The third-order valence-electron chi connectivity index (χ3n) is 4.15. The topological polar surface area (TPSA) is 113 Å². The quantitative estimate of drug-likeness (QED) is 0.592. The van der Waals surface area contributed by atoms with Crippen molar-refractivity contribution in [3.8, 4) is 11.4 Å². The molecule has 0 aliphatic heterocycles. The number of nitrogens with zero attached hydrogens (tertiary/aromatic N) is 5. The van der Waals surface area contributed by atoms with Crippen LogP contribution >= 0.6 is 11.8 Å². The van der Waals surface area contributed by atoms with Gasteiger partial charge in [-0.3, -0.25) is 4.79 Å². The number of nitrogens with two attached hydrogens (primary N) is 1. The maximum absolute atomic E-state index is 10.9. The Bertz CT molecular complexity index is 916. The van der Waals surface area contributed by atoms with E-state index >= 15 is 0 Å². The molecule has 142 valence electrons. The van der Waals surface area contributed by atoms with Gasteiger partial charge in [0.05, 0.1) is 5.75 Å². The summed E-state index contributed by atoms with van der Waals surface area (Å²) >= 11 is 1.45. The second kappa shape index (κ2) is 8.34. The highest BCUT2D eigenvalue weighted by Gasteiger charge is 2.14. The first kappa shape index (κ1) is 19.1. The maximum Gasteiger partial charge on any atom is 0.237 e. The first-order valence-corrected chi connectivity index (χ1v) is 9.65. The molecule has 2 N–H and O–H groups in total. The Morgan fingerprint density at radius 2 is 2.00 bits per heavy atom. The van der Waals surface area contributed by atoms with Gasteiger partial charge in [0.2, 0.25) is 17.6 Å².